The summed E-state index contributed by atoms with van der Waals surface area (Å²) in [5, 5.41) is 0. The highest BCUT2D eigenvalue weighted by molar-refractivity contribution is 5.89. The van der Waals surface area contributed by atoms with Crippen LogP contribution in [0.2, 0.25) is 0 Å². The topological polar surface area (TPSA) is 67.9 Å². The van der Waals surface area contributed by atoms with Crippen molar-refractivity contribution >= 4 is 22.5 Å². The number of nitrogens with zero attached hydrogens (tertiary/aromatic N) is 6. The van der Waals surface area contributed by atoms with Gasteiger partial charge in [-0.1, -0.05) is 6.57 Å². The van der Waals surface area contributed by atoms with Crippen LogP contribution >= 0.6 is 0 Å². The molecule has 1 aliphatic rings. The summed E-state index contributed by atoms with van der Waals surface area (Å²) in [5.41, 5.74) is 4.26. The zero-order chi connectivity index (χ0) is 23.0. The normalized spacial score (nSPS) is 19.2. The molecule has 8 heteroatoms. The number of ether oxygens (including phenoxy) is 1. The zero-order valence-electron chi connectivity index (χ0n) is 19.2. The first-order valence-electron chi connectivity index (χ1n) is 10.7. The highest BCUT2D eigenvalue weighted by atomic mass is 16.5. The standard InChI is InChI=1S/C24H28N6O2/c1-15-9-18(10-22(26-15)32-6)14-29-12-17(3)30(13-16(29)2)20-11-23(31)28(5)19-7-8-21(25-4)27-24(19)20/h7-11,16-17H,12-14H2,1-3,5-6H3/t16-,17+/m1/s1. The van der Waals surface area contributed by atoms with Crippen LogP contribution in [0.25, 0.3) is 15.9 Å². The number of fused-ring (bicyclic) bond motifs is 1. The predicted octanol–water partition coefficient (Wildman–Crippen LogP) is 3.30. The van der Waals surface area contributed by atoms with Gasteiger partial charge in [0.2, 0.25) is 11.4 Å². The maximum absolute atomic E-state index is 12.7. The lowest BCUT2D eigenvalue weighted by Gasteiger charge is -2.45. The molecule has 0 amide bonds. The number of methoxy groups -OCH3 is 1. The van der Waals surface area contributed by atoms with Gasteiger partial charge >= 0.3 is 0 Å². The molecular formula is C24H28N6O2. The Bertz CT molecular complexity index is 1260. The molecule has 0 aromatic carbocycles. The van der Waals surface area contributed by atoms with Gasteiger partial charge in [0.05, 0.1) is 18.3 Å². The Labute approximate surface area is 187 Å². The molecule has 0 aliphatic carbocycles. The maximum Gasteiger partial charge on any atom is 0.270 e. The Morgan fingerprint density at radius 1 is 1.16 bits per heavy atom. The van der Waals surface area contributed by atoms with Crippen molar-refractivity contribution in [3.63, 3.8) is 0 Å². The van der Waals surface area contributed by atoms with Crippen LogP contribution in [-0.4, -0.2) is 51.7 Å². The average Bonchev–Trinajstić information content (AvgIpc) is 2.77. The summed E-state index contributed by atoms with van der Waals surface area (Å²) in [6, 6.07) is 9.63. The smallest absolute Gasteiger partial charge is 0.270 e. The van der Waals surface area contributed by atoms with Crippen LogP contribution in [0.15, 0.2) is 35.1 Å². The van der Waals surface area contributed by atoms with Gasteiger partial charge in [0.25, 0.3) is 11.4 Å². The molecule has 3 aromatic heterocycles. The molecule has 1 fully saturated rings. The van der Waals surface area contributed by atoms with Gasteiger partial charge in [-0.15, -0.1) is 4.98 Å². The minimum absolute atomic E-state index is 0.0773. The third-order valence-corrected chi connectivity index (χ3v) is 6.18. The highest BCUT2D eigenvalue weighted by Crippen LogP contribution is 2.30. The summed E-state index contributed by atoms with van der Waals surface area (Å²) in [4.78, 5) is 29.8. The van der Waals surface area contributed by atoms with E-state index in [-0.39, 0.29) is 17.6 Å². The lowest BCUT2D eigenvalue weighted by Crippen LogP contribution is -2.56. The number of anilines is 1. The molecule has 0 bridgehead atoms. The van der Waals surface area contributed by atoms with Gasteiger partial charge in [0.15, 0.2) is 0 Å². The third kappa shape index (κ3) is 4.04. The van der Waals surface area contributed by atoms with E-state index >= 15 is 0 Å². The largest absolute Gasteiger partial charge is 0.481 e. The fraction of sp³-hybridized carbons (Fsp3) is 0.417. The van der Waals surface area contributed by atoms with Crippen molar-refractivity contribution < 1.29 is 4.74 Å². The summed E-state index contributed by atoms with van der Waals surface area (Å²) >= 11 is 0. The molecule has 0 N–H and O–H groups in total. The second-order valence-corrected chi connectivity index (χ2v) is 8.51. The van der Waals surface area contributed by atoms with E-state index in [2.05, 4.69) is 44.5 Å². The minimum atomic E-state index is -0.0773. The fourth-order valence-corrected chi connectivity index (χ4v) is 4.47. The Hall–Kier alpha value is -3.44. The Kier molecular flexibility index (Phi) is 5.85. The second kappa shape index (κ2) is 8.60. The predicted molar refractivity (Wildman–Crippen MR) is 125 cm³/mol. The molecule has 0 spiro atoms. The van der Waals surface area contributed by atoms with Gasteiger partial charge in [-0.05, 0) is 44.5 Å². The Morgan fingerprint density at radius 3 is 2.66 bits per heavy atom. The molecule has 0 unspecified atom stereocenters. The first-order chi connectivity index (χ1) is 15.3. The van der Waals surface area contributed by atoms with E-state index in [0.717, 1.165) is 36.5 Å². The number of aryl methyl sites for hydroxylation is 2. The summed E-state index contributed by atoms with van der Waals surface area (Å²) in [6.45, 7) is 16.1. The average molecular weight is 433 g/mol. The van der Waals surface area contributed by atoms with E-state index in [1.165, 1.54) is 5.56 Å². The van der Waals surface area contributed by atoms with Crippen molar-refractivity contribution in [1.29, 1.82) is 0 Å². The van der Waals surface area contributed by atoms with E-state index in [9.17, 15) is 4.79 Å². The van der Waals surface area contributed by atoms with Crippen LogP contribution in [0, 0.1) is 13.5 Å². The van der Waals surface area contributed by atoms with Crippen molar-refractivity contribution in [1.82, 2.24) is 19.4 Å². The van der Waals surface area contributed by atoms with E-state index in [0.29, 0.717) is 17.2 Å². The van der Waals surface area contributed by atoms with Crippen LogP contribution in [-0.2, 0) is 13.6 Å². The number of aromatic nitrogens is 3. The van der Waals surface area contributed by atoms with Gasteiger partial charge in [-0.2, -0.15) is 0 Å². The van der Waals surface area contributed by atoms with Crippen molar-refractivity contribution in [3.8, 4) is 5.88 Å². The van der Waals surface area contributed by atoms with Crippen LogP contribution in [0.3, 0.4) is 0 Å². The molecule has 1 saturated heterocycles. The lowest BCUT2D eigenvalue weighted by molar-refractivity contribution is 0.158. The zero-order valence-corrected chi connectivity index (χ0v) is 19.2. The molecule has 3 aromatic rings. The van der Waals surface area contributed by atoms with E-state index in [1.807, 2.05) is 19.1 Å². The number of piperazine rings is 1. The van der Waals surface area contributed by atoms with Gasteiger partial charge < -0.3 is 19.0 Å². The first kappa shape index (κ1) is 21.8. The SMILES string of the molecule is [C-]#[N+]c1ccc2c(n1)c(N1C[C@@H](C)N(Cc3cc(C)nc(OC)c3)C[C@@H]1C)cc(=O)n2C. The molecule has 4 rings (SSSR count). The van der Waals surface area contributed by atoms with Crippen molar-refractivity contribution in [2.45, 2.75) is 39.4 Å². The minimum Gasteiger partial charge on any atom is -0.481 e. The quantitative estimate of drug-likeness (QED) is 0.590. The van der Waals surface area contributed by atoms with E-state index in [1.54, 1.807) is 30.9 Å². The van der Waals surface area contributed by atoms with Crippen LogP contribution in [0.4, 0.5) is 11.5 Å². The lowest BCUT2D eigenvalue weighted by atomic mass is 10.1. The molecule has 8 nitrogen and oxygen atoms in total. The van der Waals surface area contributed by atoms with Crippen LogP contribution in [0.1, 0.15) is 25.1 Å². The van der Waals surface area contributed by atoms with Crippen LogP contribution < -0.4 is 15.2 Å². The van der Waals surface area contributed by atoms with Gasteiger partial charge in [0, 0.05) is 56.6 Å². The number of hydrogen-bond acceptors (Lipinski definition) is 6. The van der Waals surface area contributed by atoms with Gasteiger partial charge in [0.1, 0.15) is 0 Å². The summed E-state index contributed by atoms with van der Waals surface area (Å²) in [7, 11) is 3.37. The fourth-order valence-electron chi connectivity index (χ4n) is 4.47. The highest BCUT2D eigenvalue weighted by Gasteiger charge is 2.31. The van der Waals surface area contributed by atoms with Crippen molar-refractivity contribution in [3.05, 3.63) is 63.4 Å². The van der Waals surface area contributed by atoms with E-state index < -0.39 is 0 Å². The number of rotatable bonds is 4. The third-order valence-electron chi connectivity index (χ3n) is 6.18. The monoisotopic (exact) mass is 432 g/mol. The molecule has 166 valence electrons. The summed E-state index contributed by atoms with van der Waals surface area (Å²) < 4.78 is 6.92. The van der Waals surface area contributed by atoms with Gasteiger partial charge in [-0.3, -0.25) is 9.69 Å². The Morgan fingerprint density at radius 2 is 1.94 bits per heavy atom. The van der Waals surface area contributed by atoms with E-state index in [4.69, 9.17) is 11.3 Å². The van der Waals surface area contributed by atoms with Crippen molar-refractivity contribution in [2.75, 3.05) is 25.1 Å². The number of pyridine rings is 3. The molecule has 32 heavy (non-hydrogen) atoms. The molecular weight excluding hydrogens is 404 g/mol. The number of hydrogen-bond donors (Lipinski definition) is 0. The molecule has 2 atom stereocenters. The second-order valence-electron chi connectivity index (χ2n) is 8.51. The molecule has 0 radical (unpaired) electrons. The maximum atomic E-state index is 12.7. The summed E-state index contributed by atoms with van der Waals surface area (Å²) in [5.74, 6) is 0.964. The molecule has 1 aliphatic heterocycles. The Balaban J connectivity index is 1.65. The van der Waals surface area contributed by atoms with Gasteiger partial charge in [-0.25, -0.2) is 4.98 Å². The molecule has 4 heterocycles. The summed E-state index contributed by atoms with van der Waals surface area (Å²) in [6.07, 6.45) is 0. The first-order valence-corrected chi connectivity index (χ1v) is 10.7. The molecule has 0 saturated carbocycles. The van der Waals surface area contributed by atoms with Crippen molar-refractivity contribution in [2.24, 2.45) is 7.05 Å². The van der Waals surface area contributed by atoms with Crippen LogP contribution in [0.5, 0.6) is 5.88 Å².